The van der Waals surface area contributed by atoms with Crippen LogP contribution < -0.4 is 15.8 Å². The third-order valence-corrected chi connectivity index (χ3v) is 4.06. The molecule has 0 aliphatic rings. The standard InChI is InChI=1S/C14H23N3O3S/c1-11(2)17-14(18)6-7-16-21(19,20)10-13-5-3-4-12(8-13)9-15/h3-5,8,11,16H,6-7,9-10,15H2,1-2H3,(H,17,18). The van der Waals surface area contributed by atoms with Crippen molar-refractivity contribution in [2.75, 3.05) is 6.54 Å². The Hall–Kier alpha value is -1.44. The van der Waals surface area contributed by atoms with Crippen LogP contribution >= 0.6 is 0 Å². The van der Waals surface area contributed by atoms with Crippen LogP contribution in [0.1, 0.15) is 31.4 Å². The van der Waals surface area contributed by atoms with Crippen LogP contribution in [-0.4, -0.2) is 26.9 Å². The van der Waals surface area contributed by atoms with E-state index in [0.717, 1.165) is 5.56 Å². The van der Waals surface area contributed by atoms with Gasteiger partial charge in [0.1, 0.15) is 0 Å². The van der Waals surface area contributed by atoms with Crippen molar-refractivity contribution in [3.05, 3.63) is 35.4 Å². The van der Waals surface area contributed by atoms with Crippen molar-refractivity contribution in [1.29, 1.82) is 0 Å². The highest BCUT2D eigenvalue weighted by Gasteiger charge is 2.12. The molecular weight excluding hydrogens is 290 g/mol. The molecule has 0 saturated carbocycles. The first-order valence-electron chi connectivity index (χ1n) is 6.87. The maximum absolute atomic E-state index is 11.9. The van der Waals surface area contributed by atoms with E-state index in [2.05, 4.69) is 10.0 Å². The summed E-state index contributed by atoms with van der Waals surface area (Å²) >= 11 is 0. The highest BCUT2D eigenvalue weighted by molar-refractivity contribution is 7.88. The van der Waals surface area contributed by atoms with Crippen molar-refractivity contribution < 1.29 is 13.2 Å². The summed E-state index contributed by atoms with van der Waals surface area (Å²) in [5.74, 6) is -0.287. The van der Waals surface area contributed by atoms with Crippen LogP contribution in [0.25, 0.3) is 0 Å². The average Bonchev–Trinajstić information content (AvgIpc) is 2.37. The number of nitrogens with two attached hydrogens (primary N) is 1. The number of hydrogen-bond donors (Lipinski definition) is 3. The van der Waals surface area contributed by atoms with Crippen molar-refractivity contribution >= 4 is 15.9 Å². The van der Waals surface area contributed by atoms with Gasteiger partial charge >= 0.3 is 0 Å². The molecule has 1 aromatic carbocycles. The molecule has 0 aliphatic heterocycles. The monoisotopic (exact) mass is 313 g/mol. The zero-order chi connectivity index (χ0) is 15.9. The van der Waals surface area contributed by atoms with Crippen LogP contribution in [0.2, 0.25) is 0 Å². The van der Waals surface area contributed by atoms with Gasteiger partial charge in [-0.3, -0.25) is 4.79 Å². The molecular formula is C14H23N3O3S. The predicted molar refractivity (Wildman–Crippen MR) is 82.9 cm³/mol. The van der Waals surface area contributed by atoms with Crippen molar-refractivity contribution in [2.24, 2.45) is 5.73 Å². The number of benzene rings is 1. The number of carbonyl (C=O) groups is 1. The number of nitrogens with one attached hydrogen (secondary N) is 2. The second-order valence-electron chi connectivity index (χ2n) is 5.15. The van der Waals surface area contributed by atoms with E-state index >= 15 is 0 Å². The van der Waals surface area contributed by atoms with Crippen molar-refractivity contribution in [2.45, 2.75) is 38.6 Å². The van der Waals surface area contributed by atoms with Gasteiger partial charge in [-0.05, 0) is 25.0 Å². The normalized spacial score (nSPS) is 11.6. The first-order chi connectivity index (χ1) is 9.82. The molecule has 1 rings (SSSR count). The van der Waals surface area contributed by atoms with Crippen LogP contribution in [0, 0.1) is 0 Å². The minimum atomic E-state index is -3.45. The van der Waals surface area contributed by atoms with Crippen molar-refractivity contribution in [1.82, 2.24) is 10.0 Å². The van der Waals surface area contributed by atoms with E-state index in [9.17, 15) is 13.2 Å². The van der Waals surface area contributed by atoms with Crippen molar-refractivity contribution in [3.63, 3.8) is 0 Å². The first kappa shape index (κ1) is 17.6. The average molecular weight is 313 g/mol. The largest absolute Gasteiger partial charge is 0.354 e. The fraction of sp³-hybridized carbons (Fsp3) is 0.500. The molecule has 118 valence electrons. The van der Waals surface area contributed by atoms with Gasteiger partial charge in [-0.25, -0.2) is 13.1 Å². The molecule has 1 aromatic rings. The maximum atomic E-state index is 11.9. The Morgan fingerprint density at radius 3 is 2.57 bits per heavy atom. The van der Waals surface area contributed by atoms with Crippen LogP contribution in [0.3, 0.4) is 0 Å². The SMILES string of the molecule is CC(C)NC(=O)CCNS(=O)(=O)Cc1cccc(CN)c1. The molecule has 0 spiro atoms. The number of hydrogen-bond acceptors (Lipinski definition) is 4. The molecule has 0 fully saturated rings. The van der Waals surface area contributed by atoms with Gasteiger partial charge in [0, 0.05) is 25.6 Å². The molecule has 0 radical (unpaired) electrons. The fourth-order valence-corrected chi connectivity index (χ4v) is 2.96. The summed E-state index contributed by atoms with van der Waals surface area (Å²) in [6, 6.07) is 7.19. The molecule has 0 unspecified atom stereocenters. The van der Waals surface area contributed by atoms with Gasteiger partial charge < -0.3 is 11.1 Å². The summed E-state index contributed by atoms with van der Waals surface area (Å²) in [7, 11) is -3.45. The molecule has 0 heterocycles. The molecule has 4 N–H and O–H groups in total. The molecule has 0 atom stereocenters. The van der Waals surface area contributed by atoms with Crippen molar-refractivity contribution in [3.8, 4) is 0 Å². The van der Waals surface area contributed by atoms with E-state index in [0.29, 0.717) is 12.1 Å². The van der Waals surface area contributed by atoms with Crippen LogP contribution in [0.4, 0.5) is 0 Å². The fourth-order valence-electron chi connectivity index (χ4n) is 1.83. The van der Waals surface area contributed by atoms with Gasteiger partial charge in [-0.2, -0.15) is 0 Å². The number of amides is 1. The maximum Gasteiger partial charge on any atom is 0.221 e. The Morgan fingerprint density at radius 1 is 1.29 bits per heavy atom. The number of carbonyl (C=O) groups excluding carboxylic acids is 1. The summed E-state index contributed by atoms with van der Waals surface area (Å²) in [6.07, 6.45) is 0.125. The Bertz CT molecular complexity index is 571. The quantitative estimate of drug-likeness (QED) is 0.649. The summed E-state index contributed by atoms with van der Waals surface area (Å²) in [4.78, 5) is 11.4. The molecule has 0 aromatic heterocycles. The highest BCUT2D eigenvalue weighted by Crippen LogP contribution is 2.08. The molecule has 7 heteroatoms. The third kappa shape index (κ3) is 7.22. The molecule has 0 aliphatic carbocycles. The van der Waals surface area contributed by atoms with E-state index in [1.54, 1.807) is 18.2 Å². The zero-order valence-corrected chi connectivity index (χ0v) is 13.2. The Kier molecular flexibility index (Phi) is 6.80. The topological polar surface area (TPSA) is 101 Å². The Balaban J connectivity index is 2.48. The second kappa shape index (κ2) is 8.11. The van der Waals surface area contributed by atoms with Crippen LogP contribution in [-0.2, 0) is 27.1 Å². The molecule has 6 nitrogen and oxygen atoms in total. The molecule has 1 amide bonds. The van der Waals surface area contributed by atoms with Gasteiger partial charge in [-0.15, -0.1) is 0 Å². The Morgan fingerprint density at radius 2 is 1.95 bits per heavy atom. The third-order valence-electron chi connectivity index (χ3n) is 2.71. The summed E-state index contributed by atoms with van der Waals surface area (Å²) in [5.41, 5.74) is 7.09. The lowest BCUT2D eigenvalue weighted by Gasteiger charge is -2.10. The number of rotatable bonds is 8. The van der Waals surface area contributed by atoms with Crippen LogP contribution in [0.5, 0.6) is 0 Å². The lowest BCUT2D eigenvalue weighted by Crippen LogP contribution is -2.34. The van der Waals surface area contributed by atoms with Gasteiger partial charge in [0.25, 0.3) is 0 Å². The lowest BCUT2D eigenvalue weighted by molar-refractivity contribution is -0.121. The minimum Gasteiger partial charge on any atom is -0.354 e. The zero-order valence-electron chi connectivity index (χ0n) is 12.4. The summed E-state index contributed by atoms with van der Waals surface area (Å²) < 4.78 is 26.3. The number of sulfonamides is 1. The van der Waals surface area contributed by atoms with E-state index in [4.69, 9.17) is 5.73 Å². The van der Waals surface area contributed by atoms with E-state index in [1.165, 1.54) is 0 Å². The van der Waals surface area contributed by atoms with Gasteiger partial charge in [0.2, 0.25) is 15.9 Å². The minimum absolute atomic E-state index is 0.0492. The molecule has 21 heavy (non-hydrogen) atoms. The van der Waals surface area contributed by atoms with Crippen LogP contribution in [0.15, 0.2) is 24.3 Å². The van der Waals surface area contributed by atoms with E-state index in [1.807, 2.05) is 19.9 Å². The van der Waals surface area contributed by atoms with E-state index in [-0.39, 0.29) is 30.7 Å². The Labute approximate surface area is 126 Å². The first-order valence-corrected chi connectivity index (χ1v) is 8.52. The van der Waals surface area contributed by atoms with Gasteiger partial charge in [-0.1, -0.05) is 24.3 Å². The summed E-state index contributed by atoms with van der Waals surface area (Å²) in [5, 5.41) is 2.71. The second-order valence-corrected chi connectivity index (χ2v) is 6.96. The highest BCUT2D eigenvalue weighted by atomic mass is 32.2. The van der Waals surface area contributed by atoms with Gasteiger partial charge in [0.15, 0.2) is 0 Å². The molecule has 0 saturated heterocycles. The summed E-state index contributed by atoms with van der Waals surface area (Å²) in [6.45, 7) is 4.17. The molecule has 0 bridgehead atoms. The van der Waals surface area contributed by atoms with E-state index < -0.39 is 10.0 Å². The lowest BCUT2D eigenvalue weighted by atomic mass is 10.1. The predicted octanol–water partition coefficient (Wildman–Crippen LogP) is 0.479. The smallest absolute Gasteiger partial charge is 0.221 e. The van der Waals surface area contributed by atoms with Gasteiger partial charge in [0.05, 0.1) is 5.75 Å².